The third-order valence-corrected chi connectivity index (χ3v) is 23.8. The van der Waals surface area contributed by atoms with Gasteiger partial charge in [0.2, 0.25) is 76.8 Å². The highest BCUT2D eigenvalue weighted by Gasteiger charge is 2.53. The van der Waals surface area contributed by atoms with Crippen molar-refractivity contribution in [3.05, 3.63) is 0 Å². The summed E-state index contributed by atoms with van der Waals surface area (Å²) in [6.07, 6.45) is -1.44. The highest BCUT2D eigenvalue weighted by molar-refractivity contribution is 6.21. The van der Waals surface area contributed by atoms with Crippen LogP contribution in [0, 0.1) is 35.5 Å². The third kappa shape index (κ3) is 21.4. The molecule has 0 aromatic heterocycles. The van der Waals surface area contributed by atoms with E-state index in [1.54, 1.807) is 20.8 Å². The number of hydrogen-bond acceptors (Lipinski definition) is 13. The molecule has 3 N–H and O–H groups in total. The summed E-state index contributed by atoms with van der Waals surface area (Å²) < 4.78 is 77.1. The number of morpholine rings is 1. The number of carbonyl (C=O) groups excluding carboxylic acids is 12. The van der Waals surface area contributed by atoms with Gasteiger partial charge in [0.15, 0.2) is 0 Å². The smallest absolute Gasteiger partial charge is 0.378 e. The Morgan fingerprint density at radius 2 is 1.26 bits per heavy atom. The van der Waals surface area contributed by atoms with Gasteiger partial charge in [-0.2, -0.15) is 13.2 Å². The first-order valence-electron chi connectivity index (χ1n) is 37.9. The zero-order valence-corrected chi connectivity index (χ0v) is 63.8. The molecule has 1 spiro atoms. The average molecular weight is 1500 g/mol. The van der Waals surface area contributed by atoms with Crippen LogP contribution in [0.2, 0.25) is 0 Å². The Labute approximate surface area is 615 Å². The Kier molecular flexibility index (Phi) is 30.5. The molecule has 11 atom stereocenters. The summed E-state index contributed by atoms with van der Waals surface area (Å²) in [6, 6.07) is -9.15. The number of ether oxygens (including phenoxy) is 1. The topological polar surface area (TPSA) is 279 Å². The van der Waals surface area contributed by atoms with E-state index in [1.807, 2.05) is 13.8 Å². The Morgan fingerprint density at radius 3 is 1.86 bits per heavy atom. The van der Waals surface area contributed by atoms with Crippen LogP contribution >= 0.6 is 11.6 Å². The first-order chi connectivity index (χ1) is 48.9. The van der Waals surface area contributed by atoms with E-state index in [4.69, 9.17) is 16.3 Å². The van der Waals surface area contributed by atoms with Crippen molar-refractivity contribution in [3.63, 3.8) is 0 Å². The zero-order chi connectivity index (χ0) is 76.9. The van der Waals surface area contributed by atoms with Crippen LogP contribution in [0.25, 0.3) is 0 Å². The molecule has 104 heavy (non-hydrogen) atoms. The molecule has 25 nitrogen and oxygen atoms in total. The largest absolute Gasteiger partial charge is 0.393 e. The summed E-state index contributed by atoms with van der Waals surface area (Å²) in [5.74, 6) is -15.1. The van der Waals surface area contributed by atoms with Crippen LogP contribution in [0.4, 0.5) is 22.0 Å². The number of fused-ring (bicyclic) bond motifs is 1. The van der Waals surface area contributed by atoms with Crippen LogP contribution in [0.5, 0.6) is 0 Å². The maximum atomic E-state index is 15.7. The average Bonchev–Trinajstić information content (AvgIpc) is 1.55. The molecule has 3 unspecified atom stereocenters. The van der Waals surface area contributed by atoms with Gasteiger partial charge in [-0.05, 0) is 132 Å². The van der Waals surface area contributed by atoms with Crippen LogP contribution in [0.3, 0.4) is 0 Å². The molecule has 588 valence electrons. The lowest BCUT2D eigenvalue weighted by Crippen LogP contribution is -2.65. The maximum absolute atomic E-state index is 15.7. The lowest BCUT2D eigenvalue weighted by Gasteiger charge is -2.42. The van der Waals surface area contributed by atoms with Gasteiger partial charge in [-0.1, -0.05) is 66.7 Å². The Hall–Kier alpha value is -6.46. The van der Waals surface area contributed by atoms with Crippen LogP contribution in [0.15, 0.2) is 0 Å². The summed E-state index contributed by atoms with van der Waals surface area (Å²) in [5.41, 5.74) is -1.60. The van der Waals surface area contributed by atoms with Gasteiger partial charge in [-0.25, -0.2) is 8.78 Å². The molecule has 7 fully saturated rings. The van der Waals surface area contributed by atoms with Gasteiger partial charge in [-0.15, -0.1) is 11.6 Å². The Morgan fingerprint density at radius 1 is 0.635 bits per heavy atom. The van der Waals surface area contributed by atoms with Crippen molar-refractivity contribution in [2.75, 3.05) is 101 Å². The highest BCUT2D eigenvalue weighted by atomic mass is 35.5. The lowest BCUT2D eigenvalue weighted by molar-refractivity contribution is -0.182. The van der Waals surface area contributed by atoms with Crippen molar-refractivity contribution in [3.8, 4) is 0 Å². The minimum Gasteiger partial charge on any atom is -0.378 e. The van der Waals surface area contributed by atoms with Gasteiger partial charge < -0.3 is 64.8 Å². The molecular weight excluding hydrogens is 1380 g/mol. The second-order valence-electron chi connectivity index (χ2n) is 31.3. The van der Waals surface area contributed by atoms with E-state index in [2.05, 4.69) is 16.0 Å². The molecule has 3 heterocycles. The number of halogens is 6. The molecule has 3 saturated heterocycles. The first-order valence-corrected chi connectivity index (χ1v) is 38.4. The van der Waals surface area contributed by atoms with Crippen LogP contribution in [-0.2, 0) is 62.3 Å². The third-order valence-electron chi connectivity index (χ3n) is 23.3. The van der Waals surface area contributed by atoms with E-state index in [1.165, 1.54) is 71.7 Å². The number of alkyl halides is 6. The van der Waals surface area contributed by atoms with E-state index in [0.717, 1.165) is 27.5 Å². The van der Waals surface area contributed by atoms with E-state index in [9.17, 15) is 45.9 Å². The molecule has 0 aromatic carbocycles. The number of rotatable bonds is 13. The second-order valence-corrected chi connectivity index (χ2v) is 31.9. The van der Waals surface area contributed by atoms with Crippen molar-refractivity contribution >= 4 is 82.5 Å². The fourth-order valence-corrected chi connectivity index (χ4v) is 17.2. The molecule has 0 aromatic rings. The van der Waals surface area contributed by atoms with E-state index >= 15 is 33.6 Å². The molecule has 7 rings (SSSR count). The number of likely N-dealkylation sites (N-methyl/N-ethyl adjacent to an activating group) is 6. The number of nitrogens with zero attached hydrogens (tertiary/aromatic N) is 9. The molecular formula is C73H116ClF5N12O13. The molecule has 7 aliphatic rings. The summed E-state index contributed by atoms with van der Waals surface area (Å²) in [7, 11) is 8.30. The van der Waals surface area contributed by atoms with Crippen molar-refractivity contribution in [2.45, 2.75) is 254 Å². The number of hydrogen-bond donors (Lipinski definition) is 3. The van der Waals surface area contributed by atoms with Crippen LogP contribution < -0.4 is 16.0 Å². The minimum atomic E-state index is -4.54. The molecule has 31 heteroatoms. The predicted molar refractivity (Wildman–Crippen MR) is 376 cm³/mol. The van der Waals surface area contributed by atoms with E-state index < -0.39 is 205 Å². The maximum Gasteiger partial charge on any atom is 0.393 e. The van der Waals surface area contributed by atoms with Gasteiger partial charge in [0, 0.05) is 86.7 Å². The molecule has 4 aliphatic carbocycles. The van der Waals surface area contributed by atoms with Crippen molar-refractivity contribution < 1.29 is 84.2 Å². The molecule has 0 radical (unpaired) electrons. The number of nitrogens with one attached hydrogen (secondary N) is 3. The van der Waals surface area contributed by atoms with Gasteiger partial charge >= 0.3 is 6.18 Å². The van der Waals surface area contributed by atoms with E-state index in [-0.39, 0.29) is 129 Å². The minimum absolute atomic E-state index is 0.00713. The summed E-state index contributed by atoms with van der Waals surface area (Å²) in [6.45, 7) is 7.64. The monoisotopic (exact) mass is 1500 g/mol. The van der Waals surface area contributed by atoms with Gasteiger partial charge in [0.05, 0.1) is 45.2 Å². The van der Waals surface area contributed by atoms with E-state index in [0.29, 0.717) is 38.5 Å². The fourth-order valence-electron chi connectivity index (χ4n) is 16.7. The van der Waals surface area contributed by atoms with Crippen LogP contribution in [-0.4, -0.2) is 282 Å². The Balaban J connectivity index is 1.29. The number of amides is 12. The zero-order valence-electron chi connectivity index (χ0n) is 63.0. The van der Waals surface area contributed by atoms with Crippen molar-refractivity contribution in [1.29, 1.82) is 0 Å². The van der Waals surface area contributed by atoms with Gasteiger partial charge in [-0.3, -0.25) is 57.5 Å². The molecule has 0 bridgehead atoms. The summed E-state index contributed by atoms with van der Waals surface area (Å²) in [5, 5.41) is 7.46. The predicted octanol–water partition coefficient (Wildman–Crippen LogP) is 5.97. The van der Waals surface area contributed by atoms with Crippen molar-refractivity contribution in [2.24, 2.45) is 35.5 Å². The second kappa shape index (κ2) is 37.4. The molecule has 4 saturated carbocycles. The lowest BCUT2D eigenvalue weighted by atomic mass is 9.78. The highest BCUT2D eigenvalue weighted by Crippen LogP contribution is 2.44. The normalized spacial score (nSPS) is 29.8. The van der Waals surface area contributed by atoms with Crippen molar-refractivity contribution in [1.82, 2.24) is 60.0 Å². The fraction of sp³-hybridized carbons (Fsp3) is 0.836. The SMILES string of the molecule is CCCN1C(=O)CN(C)C(=O)CN(C)C(=O)[C@H]([C@@H](C)CC)NC(=O)[C@H](CC(C)C)N(C)C(=O)C[C@@H](C(=O)N2CCOCC2)N(C)C(=O)[C@H](C2CCCC2)N(C)C(=O)C2(CCCC2)NC(=O)[C@@H]2CCCN2C(=O)[C@H](CCC2CCC(C(F)(F)F)C(Cl)C2)NC(=O)CN(C)C(=O)[C@@H]1CC1CCC(F)(F)CC1. The summed E-state index contributed by atoms with van der Waals surface area (Å²) >= 11 is 6.40. The van der Waals surface area contributed by atoms with Gasteiger partial charge in [0.25, 0.3) is 0 Å². The molecule has 3 aliphatic heterocycles. The number of carbonyl (C=O) groups is 12. The summed E-state index contributed by atoms with van der Waals surface area (Å²) in [4.78, 5) is 191. The Bertz CT molecular complexity index is 3030. The first kappa shape index (κ1) is 84.8. The van der Waals surface area contributed by atoms with Gasteiger partial charge in [0.1, 0.15) is 47.8 Å². The molecule has 12 amide bonds. The van der Waals surface area contributed by atoms with Crippen LogP contribution in [0.1, 0.15) is 189 Å². The standard InChI is InChI=1S/C73H116ClF5N12O13/c1-12-32-90-56(40-48-26-30-72(75,76)31-27-48)66(99)84(7)42-57(92)80-52(25-23-47-22-24-50(51(74)39-47)73(77,78)79)65(98)91-33-18-21-53(91)64(97)82-71(28-16-17-29-71)70(103)88(11)62(49-19-14-15-20-49)69(102)87(10)55(67(100)89-34-36-104-37-35-89)41-58(93)86(9)54(38-45(3)4)63(96)81-61(46(5)13-2)68(101)85(8)43-59(94)83(6)44-60(90)95/h45-56,61-62H,12-44H2,1-11H3,(H,80,92)(H,81,96)(H,82,97)/t46-,47?,50?,51?,52-,53-,54-,55-,56-,61-,62-/m0/s1. The quantitative estimate of drug-likeness (QED) is 0.142.